The van der Waals surface area contributed by atoms with Crippen LogP contribution in [-0.4, -0.2) is 99.4 Å². The van der Waals surface area contributed by atoms with Crippen LogP contribution >= 0.6 is 0 Å². The lowest BCUT2D eigenvalue weighted by atomic mass is 9.96. The van der Waals surface area contributed by atoms with E-state index in [2.05, 4.69) is 0 Å². The summed E-state index contributed by atoms with van der Waals surface area (Å²) in [6.07, 6.45) is 0.833. The van der Waals surface area contributed by atoms with Crippen LogP contribution in [0.2, 0.25) is 0 Å². The molecule has 0 aromatic heterocycles. The van der Waals surface area contributed by atoms with Gasteiger partial charge in [-0.2, -0.15) is 0 Å². The van der Waals surface area contributed by atoms with Crippen molar-refractivity contribution in [3.8, 4) is 0 Å². The maximum atomic E-state index is 13.0. The molecule has 0 bridgehead atoms. The fraction of sp³-hybridized carbons (Fsp3) is 0.846. The number of hydrogen-bond acceptors (Lipinski definition) is 8. The zero-order chi connectivity index (χ0) is 27.1. The van der Waals surface area contributed by atoms with E-state index in [9.17, 15) is 19.2 Å². The zero-order valence-corrected chi connectivity index (χ0v) is 23.0. The highest BCUT2D eigenvalue weighted by Gasteiger charge is 2.27. The summed E-state index contributed by atoms with van der Waals surface area (Å²) in [4.78, 5) is 53.3. The van der Waals surface area contributed by atoms with Gasteiger partial charge >= 0.3 is 11.9 Å². The SMILES string of the molecule is CCOC(=O)[C@@H](C)C[C@@H](C)C(=O)N1CCOCCN(C(=O)[C@H](C)C[C@H](C)C(=O)OCC)CCOCC1. The van der Waals surface area contributed by atoms with Crippen molar-refractivity contribution in [3.05, 3.63) is 0 Å². The summed E-state index contributed by atoms with van der Waals surface area (Å²) in [7, 11) is 0. The molecule has 10 nitrogen and oxygen atoms in total. The Morgan fingerprint density at radius 1 is 0.611 bits per heavy atom. The average Bonchev–Trinajstić information content (AvgIpc) is 2.83. The zero-order valence-electron chi connectivity index (χ0n) is 23.0. The molecule has 0 unspecified atom stereocenters. The first-order valence-corrected chi connectivity index (χ1v) is 13.2. The summed E-state index contributed by atoms with van der Waals surface area (Å²) in [5.74, 6) is -2.03. The monoisotopic (exact) mass is 514 g/mol. The molecule has 1 saturated heterocycles. The van der Waals surface area contributed by atoms with Crippen LogP contribution in [-0.2, 0) is 38.1 Å². The number of esters is 2. The molecule has 1 heterocycles. The molecule has 0 aromatic carbocycles. The topological polar surface area (TPSA) is 112 Å². The second-order valence-electron chi connectivity index (χ2n) is 9.46. The van der Waals surface area contributed by atoms with E-state index < -0.39 is 0 Å². The van der Waals surface area contributed by atoms with Crippen LogP contribution < -0.4 is 0 Å². The lowest BCUT2D eigenvalue weighted by molar-refractivity contribution is -0.149. The quantitative estimate of drug-likeness (QED) is 0.408. The third-order valence-electron chi connectivity index (χ3n) is 6.28. The predicted octanol–water partition coefficient (Wildman–Crippen LogP) is 2.14. The average molecular weight is 515 g/mol. The van der Waals surface area contributed by atoms with Gasteiger partial charge in [-0.05, 0) is 26.7 Å². The van der Waals surface area contributed by atoms with Crippen LogP contribution in [0.1, 0.15) is 54.4 Å². The number of hydrogen-bond donors (Lipinski definition) is 0. The third kappa shape index (κ3) is 11.2. The molecule has 1 aliphatic heterocycles. The van der Waals surface area contributed by atoms with Crippen LogP contribution in [0.3, 0.4) is 0 Å². The van der Waals surface area contributed by atoms with E-state index >= 15 is 0 Å². The standard InChI is InChI=1S/C26H46N2O8/c1-7-35-25(31)21(5)17-19(3)23(29)27-9-13-33-15-11-28(12-16-34-14-10-27)24(30)20(4)18-22(6)26(32)36-8-2/h19-22H,7-18H2,1-6H3/t19-,20-,21+,22+/m1/s1. The highest BCUT2D eigenvalue weighted by molar-refractivity contribution is 5.80. The maximum absolute atomic E-state index is 13.0. The van der Waals surface area contributed by atoms with Crippen molar-refractivity contribution in [2.24, 2.45) is 23.7 Å². The van der Waals surface area contributed by atoms with E-state index in [0.717, 1.165) is 0 Å². The lowest BCUT2D eigenvalue weighted by Crippen LogP contribution is -2.43. The van der Waals surface area contributed by atoms with E-state index in [1.165, 1.54) is 0 Å². The molecule has 0 radical (unpaired) electrons. The van der Waals surface area contributed by atoms with Gasteiger partial charge in [0.05, 0.1) is 51.5 Å². The molecule has 1 aliphatic rings. The number of carbonyl (C=O) groups excluding carboxylic acids is 4. The fourth-order valence-electron chi connectivity index (χ4n) is 4.21. The Bertz CT molecular complexity index is 631. The molecule has 0 aliphatic carbocycles. The molecule has 10 heteroatoms. The van der Waals surface area contributed by atoms with Crippen molar-refractivity contribution in [2.45, 2.75) is 54.4 Å². The molecule has 1 fully saturated rings. The first-order valence-electron chi connectivity index (χ1n) is 13.2. The molecule has 36 heavy (non-hydrogen) atoms. The Balaban J connectivity index is 2.60. The van der Waals surface area contributed by atoms with Gasteiger partial charge in [0.15, 0.2) is 0 Å². The normalized spacial score (nSPS) is 19.2. The Morgan fingerprint density at radius 3 is 1.19 bits per heavy atom. The van der Waals surface area contributed by atoms with Gasteiger partial charge in [-0.25, -0.2) is 0 Å². The molecule has 1 rings (SSSR count). The Morgan fingerprint density at radius 2 is 0.917 bits per heavy atom. The van der Waals surface area contributed by atoms with Crippen molar-refractivity contribution >= 4 is 23.8 Å². The van der Waals surface area contributed by atoms with Gasteiger partial charge in [0.2, 0.25) is 11.8 Å². The van der Waals surface area contributed by atoms with Gasteiger partial charge in [-0.15, -0.1) is 0 Å². The van der Waals surface area contributed by atoms with Crippen molar-refractivity contribution in [2.75, 3.05) is 65.8 Å². The van der Waals surface area contributed by atoms with E-state index in [1.807, 2.05) is 13.8 Å². The molecule has 0 N–H and O–H groups in total. The highest BCUT2D eigenvalue weighted by Crippen LogP contribution is 2.18. The van der Waals surface area contributed by atoms with E-state index in [-0.39, 0.29) is 47.4 Å². The smallest absolute Gasteiger partial charge is 0.308 e. The molecule has 0 aromatic rings. The molecular formula is C26H46N2O8. The van der Waals surface area contributed by atoms with E-state index in [1.54, 1.807) is 37.5 Å². The predicted molar refractivity (Wildman–Crippen MR) is 134 cm³/mol. The van der Waals surface area contributed by atoms with Crippen molar-refractivity contribution in [3.63, 3.8) is 0 Å². The molecule has 0 saturated carbocycles. The molecular weight excluding hydrogens is 468 g/mol. The van der Waals surface area contributed by atoms with Crippen LogP contribution in [0.4, 0.5) is 0 Å². The van der Waals surface area contributed by atoms with Crippen molar-refractivity contribution < 1.29 is 38.1 Å². The molecule has 4 atom stereocenters. The van der Waals surface area contributed by atoms with Crippen molar-refractivity contribution in [1.82, 2.24) is 9.80 Å². The Kier molecular flexibility index (Phi) is 15.3. The first kappa shape index (κ1) is 31.8. The molecule has 208 valence electrons. The van der Waals surface area contributed by atoms with Crippen LogP contribution in [0.15, 0.2) is 0 Å². The molecule has 0 spiro atoms. The number of amides is 2. The van der Waals surface area contributed by atoms with Gasteiger partial charge in [-0.1, -0.05) is 27.7 Å². The number of nitrogens with zero attached hydrogens (tertiary/aromatic N) is 2. The van der Waals surface area contributed by atoms with Gasteiger partial charge in [-0.3, -0.25) is 19.2 Å². The minimum absolute atomic E-state index is 0.0447. The second kappa shape index (κ2) is 17.3. The first-order chi connectivity index (χ1) is 17.1. The van der Waals surface area contributed by atoms with E-state index in [0.29, 0.717) is 78.7 Å². The summed E-state index contributed by atoms with van der Waals surface area (Å²) in [6.45, 7) is 14.3. The largest absolute Gasteiger partial charge is 0.466 e. The Hall–Kier alpha value is -2.20. The third-order valence-corrected chi connectivity index (χ3v) is 6.28. The minimum atomic E-state index is -0.352. The summed E-state index contributed by atoms with van der Waals surface area (Å²) in [5, 5.41) is 0. The number of ether oxygens (including phenoxy) is 4. The maximum Gasteiger partial charge on any atom is 0.308 e. The second-order valence-corrected chi connectivity index (χ2v) is 9.46. The summed E-state index contributed by atoms with van der Waals surface area (Å²) in [6, 6.07) is 0. The van der Waals surface area contributed by atoms with Crippen LogP contribution in [0, 0.1) is 23.7 Å². The fourth-order valence-corrected chi connectivity index (χ4v) is 4.21. The summed E-state index contributed by atoms with van der Waals surface area (Å²) < 4.78 is 21.6. The van der Waals surface area contributed by atoms with Crippen LogP contribution in [0.25, 0.3) is 0 Å². The molecule has 2 amide bonds. The van der Waals surface area contributed by atoms with E-state index in [4.69, 9.17) is 18.9 Å². The Labute approximate surface area is 215 Å². The van der Waals surface area contributed by atoms with Crippen molar-refractivity contribution in [1.29, 1.82) is 0 Å². The summed E-state index contributed by atoms with van der Waals surface area (Å²) >= 11 is 0. The van der Waals surface area contributed by atoms with Gasteiger partial charge in [0, 0.05) is 38.0 Å². The van der Waals surface area contributed by atoms with Gasteiger partial charge in [0.25, 0.3) is 0 Å². The summed E-state index contributed by atoms with van der Waals surface area (Å²) in [5.41, 5.74) is 0. The minimum Gasteiger partial charge on any atom is -0.466 e. The number of rotatable bonds is 10. The lowest BCUT2D eigenvalue weighted by Gasteiger charge is -2.29. The van der Waals surface area contributed by atoms with Crippen LogP contribution in [0.5, 0.6) is 0 Å². The highest BCUT2D eigenvalue weighted by atomic mass is 16.5. The number of carbonyl (C=O) groups is 4. The van der Waals surface area contributed by atoms with Gasteiger partial charge < -0.3 is 28.7 Å². The van der Waals surface area contributed by atoms with Gasteiger partial charge in [0.1, 0.15) is 0 Å².